The molecule has 0 unspecified atom stereocenters. The van der Waals surface area contributed by atoms with Gasteiger partial charge in [-0.3, -0.25) is 0 Å². The zero-order valence-corrected chi connectivity index (χ0v) is 13.4. The molecule has 0 aromatic heterocycles. The number of phenols is 2. The van der Waals surface area contributed by atoms with Crippen molar-refractivity contribution >= 4 is 0 Å². The van der Waals surface area contributed by atoms with Crippen LogP contribution in [0.2, 0.25) is 0 Å². The number of rotatable bonds is 2. The molecule has 0 radical (unpaired) electrons. The number of phenolic OH excluding ortho intramolecular Hbond substituents is 2. The molecule has 0 aliphatic heterocycles. The first-order valence-corrected chi connectivity index (χ1v) is 8.14. The molecule has 0 atom stereocenters. The molecule has 116 valence electrons. The van der Waals surface area contributed by atoms with Crippen molar-refractivity contribution < 1.29 is 10.2 Å². The molecular weight excluding hydrogens is 272 g/mol. The van der Waals surface area contributed by atoms with E-state index >= 15 is 0 Å². The lowest BCUT2D eigenvalue weighted by Crippen LogP contribution is -2.32. The van der Waals surface area contributed by atoms with Crippen molar-refractivity contribution in [3.63, 3.8) is 0 Å². The molecule has 0 spiro atoms. The van der Waals surface area contributed by atoms with E-state index in [1.807, 2.05) is 26.0 Å². The van der Waals surface area contributed by atoms with E-state index in [0.29, 0.717) is 11.5 Å². The fourth-order valence-corrected chi connectivity index (χ4v) is 4.12. The summed E-state index contributed by atoms with van der Waals surface area (Å²) in [4.78, 5) is 0. The Balaban J connectivity index is 2.25. The molecule has 1 aliphatic rings. The SMILES string of the molecule is Cc1c(O)cccc1C1(c2cccc(O)c2C)CCCCC1. The van der Waals surface area contributed by atoms with E-state index in [0.717, 1.165) is 24.0 Å². The smallest absolute Gasteiger partial charge is 0.118 e. The van der Waals surface area contributed by atoms with Crippen LogP contribution in [-0.2, 0) is 5.41 Å². The molecule has 1 saturated carbocycles. The van der Waals surface area contributed by atoms with E-state index in [-0.39, 0.29) is 5.41 Å². The Hall–Kier alpha value is -1.96. The van der Waals surface area contributed by atoms with Crippen molar-refractivity contribution in [3.05, 3.63) is 58.7 Å². The summed E-state index contributed by atoms with van der Waals surface area (Å²) in [6, 6.07) is 11.7. The predicted octanol–water partition coefficient (Wildman–Crippen LogP) is 4.96. The molecule has 2 N–H and O–H groups in total. The molecule has 22 heavy (non-hydrogen) atoms. The second kappa shape index (κ2) is 5.68. The van der Waals surface area contributed by atoms with Gasteiger partial charge in [0.05, 0.1) is 0 Å². The van der Waals surface area contributed by atoms with Crippen molar-refractivity contribution in [2.75, 3.05) is 0 Å². The summed E-state index contributed by atoms with van der Waals surface area (Å²) in [5.41, 5.74) is 4.25. The zero-order chi connectivity index (χ0) is 15.7. The highest BCUT2D eigenvalue weighted by molar-refractivity contribution is 5.53. The fourth-order valence-electron chi connectivity index (χ4n) is 4.12. The highest BCUT2D eigenvalue weighted by Gasteiger charge is 2.38. The van der Waals surface area contributed by atoms with Crippen LogP contribution in [0.15, 0.2) is 36.4 Å². The average molecular weight is 296 g/mol. The molecule has 0 bridgehead atoms. The zero-order valence-electron chi connectivity index (χ0n) is 13.4. The Bertz CT molecular complexity index is 629. The van der Waals surface area contributed by atoms with E-state index in [9.17, 15) is 10.2 Å². The summed E-state index contributed by atoms with van der Waals surface area (Å²) >= 11 is 0. The van der Waals surface area contributed by atoms with Gasteiger partial charge in [-0.05, 0) is 61.1 Å². The summed E-state index contributed by atoms with van der Waals surface area (Å²) in [6.07, 6.45) is 5.77. The van der Waals surface area contributed by atoms with Gasteiger partial charge in [0.2, 0.25) is 0 Å². The Morgan fingerprint density at radius 2 is 1.18 bits per heavy atom. The summed E-state index contributed by atoms with van der Waals surface area (Å²) in [5.74, 6) is 0.723. The summed E-state index contributed by atoms with van der Waals surface area (Å²) < 4.78 is 0. The van der Waals surface area contributed by atoms with Crippen LogP contribution in [0.4, 0.5) is 0 Å². The summed E-state index contributed by atoms with van der Waals surface area (Å²) in [5, 5.41) is 20.3. The van der Waals surface area contributed by atoms with Gasteiger partial charge >= 0.3 is 0 Å². The first-order valence-electron chi connectivity index (χ1n) is 8.14. The topological polar surface area (TPSA) is 40.5 Å². The quantitative estimate of drug-likeness (QED) is 0.822. The monoisotopic (exact) mass is 296 g/mol. The largest absolute Gasteiger partial charge is 0.508 e. The summed E-state index contributed by atoms with van der Waals surface area (Å²) in [6.45, 7) is 4.00. The number of benzene rings is 2. The minimum atomic E-state index is -0.0934. The average Bonchev–Trinajstić information content (AvgIpc) is 2.53. The fraction of sp³-hybridized carbons (Fsp3) is 0.400. The second-order valence-electron chi connectivity index (χ2n) is 6.54. The van der Waals surface area contributed by atoms with Crippen LogP contribution >= 0.6 is 0 Å². The van der Waals surface area contributed by atoms with Crippen molar-refractivity contribution in [1.29, 1.82) is 0 Å². The van der Waals surface area contributed by atoms with Crippen LogP contribution in [0.5, 0.6) is 11.5 Å². The van der Waals surface area contributed by atoms with Gasteiger partial charge in [0.15, 0.2) is 0 Å². The molecule has 1 aliphatic carbocycles. The second-order valence-corrected chi connectivity index (χ2v) is 6.54. The van der Waals surface area contributed by atoms with E-state index in [1.165, 1.54) is 30.4 Å². The van der Waals surface area contributed by atoms with Crippen LogP contribution in [0.3, 0.4) is 0 Å². The van der Waals surface area contributed by atoms with Gasteiger partial charge in [-0.25, -0.2) is 0 Å². The van der Waals surface area contributed by atoms with Crippen LogP contribution in [0, 0.1) is 13.8 Å². The maximum atomic E-state index is 10.2. The van der Waals surface area contributed by atoms with E-state index in [1.54, 1.807) is 12.1 Å². The van der Waals surface area contributed by atoms with Gasteiger partial charge < -0.3 is 10.2 Å². The summed E-state index contributed by atoms with van der Waals surface area (Å²) in [7, 11) is 0. The van der Waals surface area contributed by atoms with E-state index in [2.05, 4.69) is 12.1 Å². The van der Waals surface area contributed by atoms with E-state index < -0.39 is 0 Å². The maximum absolute atomic E-state index is 10.2. The van der Waals surface area contributed by atoms with Crippen LogP contribution < -0.4 is 0 Å². The lowest BCUT2D eigenvalue weighted by molar-refractivity contribution is 0.339. The molecule has 0 amide bonds. The van der Waals surface area contributed by atoms with Gasteiger partial charge in [0.1, 0.15) is 11.5 Å². The van der Waals surface area contributed by atoms with Crippen molar-refractivity contribution in [2.45, 2.75) is 51.4 Å². The first kappa shape index (κ1) is 15.0. The molecule has 2 nitrogen and oxygen atoms in total. The van der Waals surface area contributed by atoms with Gasteiger partial charge in [-0.1, -0.05) is 43.5 Å². The predicted molar refractivity (Wildman–Crippen MR) is 89.6 cm³/mol. The molecule has 2 heteroatoms. The third-order valence-corrected chi connectivity index (χ3v) is 5.35. The highest BCUT2D eigenvalue weighted by atomic mass is 16.3. The standard InChI is InChI=1S/C20H24O2/c1-14-16(8-6-10-18(14)21)20(12-4-3-5-13-20)17-9-7-11-19(22)15(17)2/h6-11,21-22H,3-5,12-13H2,1-2H3. The molecule has 0 heterocycles. The molecule has 2 aromatic carbocycles. The Morgan fingerprint density at radius 1 is 0.727 bits per heavy atom. The Labute approximate surface area is 132 Å². The third-order valence-electron chi connectivity index (χ3n) is 5.35. The van der Waals surface area contributed by atoms with Gasteiger partial charge in [0, 0.05) is 5.41 Å². The van der Waals surface area contributed by atoms with Crippen molar-refractivity contribution in [1.82, 2.24) is 0 Å². The maximum Gasteiger partial charge on any atom is 0.118 e. The van der Waals surface area contributed by atoms with E-state index in [4.69, 9.17) is 0 Å². The number of hydrogen-bond acceptors (Lipinski definition) is 2. The van der Waals surface area contributed by atoms with Crippen LogP contribution in [-0.4, -0.2) is 10.2 Å². The number of hydrogen-bond donors (Lipinski definition) is 2. The molecule has 1 fully saturated rings. The van der Waals surface area contributed by atoms with Crippen LogP contribution in [0.1, 0.15) is 54.4 Å². The normalized spacial score (nSPS) is 17.4. The third kappa shape index (κ3) is 2.27. The molecular formula is C20H24O2. The van der Waals surface area contributed by atoms with Gasteiger partial charge in [-0.2, -0.15) is 0 Å². The van der Waals surface area contributed by atoms with Gasteiger partial charge in [0.25, 0.3) is 0 Å². The molecule has 2 aromatic rings. The van der Waals surface area contributed by atoms with Gasteiger partial charge in [-0.15, -0.1) is 0 Å². The first-order chi connectivity index (χ1) is 10.6. The molecule has 0 saturated heterocycles. The van der Waals surface area contributed by atoms with Crippen molar-refractivity contribution in [3.8, 4) is 11.5 Å². The Morgan fingerprint density at radius 3 is 1.64 bits per heavy atom. The van der Waals surface area contributed by atoms with Crippen LogP contribution in [0.25, 0.3) is 0 Å². The number of aromatic hydroxyl groups is 2. The Kier molecular flexibility index (Phi) is 3.86. The molecule has 3 rings (SSSR count). The van der Waals surface area contributed by atoms with Crippen molar-refractivity contribution in [2.24, 2.45) is 0 Å². The minimum absolute atomic E-state index is 0.0934. The lowest BCUT2D eigenvalue weighted by atomic mass is 9.63. The highest BCUT2D eigenvalue weighted by Crippen LogP contribution is 2.48. The lowest BCUT2D eigenvalue weighted by Gasteiger charge is -2.40. The minimum Gasteiger partial charge on any atom is -0.508 e.